The lowest BCUT2D eigenvalue weighted by Crippen LogP contribution is -1.92. The van der Waals surface area contributed by atoms with Crippen LogP contribution in [-0.4, -0.2) is 0 Å². The highest BCUT2D eigenvalue weighted by Crippen LogP contribution is 2.45. The van der Waals surface area contributed by atoms with E-state index in [1.54, 1.807) is 6.08 Å². The Labute approximate surface area is 253 Å². The van der Waals surface area contributed by atoms with Crippen molar-refractivity contribution in [2.75, 3.05) is 0 Å². The van der Waals surface area contributed by atoms with E-state index in [1.807, 2.05) is 12.2 Å². The first-order valence-electron chi connectivity index (χ1n) is 14.8. The summed E-state index contributed by atoms with van der Waals surface area (Å²) in [4.78, 5) is 0. The van der Waals surface area contributed by atoms with E-state index in [1.165, 1.54) is 71.3 Å². The molecule has 0 atom stereocenters. The van der Waals surface area contributed by atoms with Gasteiger partial charge in [0.1, 0.15) is 0 Å². The first kappa shape index (κ1) is 26.4. The van der Waals surface area contributed by atoms with Crippen LogP contribution in [0.4, 0.5) is 0 Å². The van der Waals surface area contributed by atoms with Crippen LogP contribution < -0.4 is 0 Å². The van der Waals surface area contributed by atoms with Crippen molar-refractivity contribution in [2.24, 2.45) is 0 Å². The smallest absolute Gasteiger partial charge is 0.00261 e. The van der Waals surface area contributed by atoms with Gasteiger partial charge < -0.3 is 0 Å². The number of hydrogen-bond acceptors (Lipinski definition) is 0. The second-order valence-electron chi connectivity index (χ2n) is 11.1. The molecule has 0 amide bonds. The Morgan fingerprint density at radius 1 is 0.535 bits per heavy atom. The predicted molar refractivity (Wildman–Crippen MR) is 188 cm³/mol. The van der Waals surface area contributed by atoms with E-state index in [0.29, 0.717) is 0 Å². The molecule has 0 aromatic heterocycles. The van der Waals surface area contributed by atoms with Crippen LogP contribution in [0.3, 0.4) is 0 Å². The molecule has 0 saturated heterocycles. The van der Waals surface area contributed by atoms with E-state index < -0.39 is 0 Å². The van der Waals surface area contributed by atoms with Gasteiger partial charge in [0.25, 0.3) is 0 Å². The van der Waals surface area contributed by atoms with Gasteiger partial charge in [0.05, 0.1) is 0 Å². The maximum absolute atomic E-state index is 4.37. The van der Waals surface area contributed by atoms with E-state index in [2.05, 4.69) is 154 Å². The topological polar surface area (TPSA) is 0 Å². The van der Waals surface area contributed by atoms with Gasteiger partial charge in [-0.25, -0.2) is 0 Å². The molecule has 0 fully saturated rings. The molecule has 0 bridgehead atoms. The van der Waals surface area contributed by atoms with Crippen LogP contribution in [0.5, 0.6) is 0 Å². The van der Waals surface area contributed by atoms with Crippen LogP contribution >= 0.6 is 0 Å². The third-order valence-electron chi connectivity index (χ3n) is 8.44. The summed E-state index contributed by atoms with van der Waals surface area (Å²) in [5.74, 6) is 0. The Morgan fingerprint density at radius 3 is 1.74 bits per heavy atom. The summed E-state index contributed by atoms with van der Waals surface area (Å²) in [5, 5.41) is 7.50. The molecule has 0 heterocycles. The second-order valence-corrected chi connectivity index (χ2v) is 11.1. The van der Waals surface area contributed by atoms with Gasteiger partial charge in [0.15, 0.2) is 0 Å². The lowest BCUT2D eigenvalue weighted by atomic mass is 9.85. The van der Waals surface area contributed by atoms with Crippen LogP contribution in [0, 0.1) is 6.92 Å². The van der Waals surface area contributed by atoms with E-state index >= 15 is 0 Å². The highest BCUT2D eigenvalue weighted by Gasteiger charge is 2.17. The molecule has 0 spiro atoms. The number of hydrogen-bond donors (Lipinski definition) is 0. The minimum Gasteiger partial charge on any atom is -0.0991 e. The fraction of sp³-hybridized carbons (Fsp3) is 0.0233. The van der Waals surface area contributed by atoms with Crippen molar-refractivity contribution in [1.82, 2.24) is 0 Å². The number of aryl methyl sites for hydroxylation is 1. The molecular formula is C43H32. The van der Waals surface area contributed by atoms with Gasteiger partial charge in [0, 0.05) is 0 Å². The fourth-order valence-electron chi connectivity index (χ4n) is 6.41. The molecule has 0 unspecified atom stereocenters. The third-order valence-corrected chi connectivity index (χ3v) is 8.44. The van der Waals surface area contributed by atoms with Gasteiger partial charge in [-0.1, -0.05) is 164 Å². The first-order valence-corrected chi connectivity index (χ1v) is 14.8. The Balaban J connectivity index is 1.51. The molecule has 0 nitrogen and oxygen atoms in total. The van der Waals surface area contributed by atoms with Crippen LogP contribution in [0.15, 0.2) is 165 Å². The first-order chi connectivity index (χ1) is 21.1. The average molecular weight is 549 g/mol. The lowest BCUT2D eigenvalue weighted by Gasteiger charge is -2.19. The quantitative estimate of drug-likeness (QED) is 0.143. The molecule has 7 aromatic rings. The zero-order chi connectivity index (χ0) is 29.3. The van der Waals surface area contributed by atoms with E-state index in [9.17, 15) is 0 Å². The molecule has 0 N–H and O–H groups in total. The van der Waals surface area contributed by atoms with Gasteiger partial charge in [-0.3, -0.25) is 0 Å². The Hall–Kier alpha value is -5.46. The van der Waals surface area contributed by atoms with Gasteiger partial charge in [-0.2, -0.15) is 0 Å². The van der Waals surface area contributed by atoms with Gasteiger partial charge >= 0.3 is 0 Å². The Kier molecular flexibility index (Phi) is 6.81. The van der Waals surface area contributed by atoms with E-state index in [4.69, 9.17) is 0 Å². The van der Waals surface area contributed by atoms with Crippen molar-refractivity contribution in [3.63, 3.8) is 0 Å². The summed E-state index contributed by atoms with van der Waals surface area (Å²) in [6, 6.07) is 48.7. The van der Waals surface area contributed by atoms with E-state index in [-0.39, 0.29) is 0 Å². The van der Waals surface area contributed by atoms with Gasteiger partial charge in [-0.05, 0) is 89.8 Å². The molecule has 204 valence electrons. The molecule has 43 heavy (non-hydrogen) atoms. The summed E-state index contributed by atoms with van der Waals surface area (Å²) in [6.07, 6.45) is 5.75. The summed E-state index contributed by atoms with van der Waals surface area (Å²) < 4.78 is 0. The molecule has 0 aliphatic heterocycles. The summed E-state index contributed by atoms with van der Waals surface area (Å²) in [5.41, 5.74) is 10.7. The molecule has 0 radical (unpaired) electrons. The molecule has 0 aliphatic rings. The number of fused-ring (bicyclic) bond motifs is 3. The minimum atomic E-state index is 0.965. The summed E-state index contributed by atoms with van der Waals surface area (Å²) in [6.45, 7) is 10.3. The van der Waals surface area contributed by atoms with Crippen molar-refractivity contribution in [3.8, 4) is 33.4 Å². The number of rotatable bonds is 6. The predicted octanol–water partition coefficient (Wildman–Crippen LogP) is 12.2. The summed E-state index contributed by atoms with van der Waals surface area (Å²) >= 11 is 0. The lowest BCUT2D eigenvalue weighted by molar-refractivity contribution is 1.47. The van der Waals surface area contributed by atoms with Crippen LogP contribution in [-0.2, 0) is 0 Å². The normalized spacial score (nSPS) is 11.5. The highest BCUT2D eigenvalue weighted by atomic mass is 14.2. The van der Waals surface area contributed by atoms with Crippen molar-refractivity contribution in [3.05, 3.63) is 176 Å². The molecule has 0 aliphatic carbocycles. The third kappa shape index (κ3) is 4.68. The summed E-state index contributed by atoms with van der Waals surface area (Å²) in [7, 11) is 0. The fourth-order valence-corrected chi connectivity index (χ4v) is 6.41. The molecule has 7 rings (SSSR count). The largest absolute Gasteiger partial charge is 0.0991 e. The Morgan fingerprint density at radius 2 is 1.09 bits per heavy atom. The van der Waals surface area contributed by atoms with Gasteiger partial charge in [0.2, 0.25) is 0 Å². The van der Waals surface area contributed by atoms with Crippen LogP contribution in [0.1, 0.15) is 11.1 Å². The average Bonchev–Trinajstić information content (AvgIpc) is 3.06. The standard InChI is InChI=1S/C43H32/c1-4-5-13-30(3)34-15-6-7-16-35(34)36-21-12-14-31-26-27-33(28-41(31)36)43-39-19-10-8-17-37(39)42(32-24-22-29(2)23-25-32)38-18-9-11-20-40(38)43/h4-28H,1,3H2,2H3/b13-5-. The molecule has 0 heteroatoms. The minimum absolute atomic E-state index is 0.965. The Bertz CT molecular complexity index is 2150. The van der Waals surface area contributed by atoms with Crippen molar-refractivity contribution < 1.29 is 0 Å². The SMILES string of the molecule is C=C/C=C\C(=C)c1ccccc1-c1cccc2ccc(-c3c4ccccc4c(-c4ccc(C)cc4)c4ccccc34)cc12. The maximum atomic E-state index is 4.37. The monoisotopic (exact) mass is 548 g/mol. The second kappa shape index (κ2) is 11.1. The van der Waals surface area contributed by atoms with Crippen molar-refractivity contribution in [2.45, 2.75) is 6.92 Å². The molecular weight excluding hydrogens is 516 g/mol. The van der Waals surface area contributed by atoms with Crippen LogP contribution in [0.25, 0.3) is 71.3 Å². The molecule has 7 aromatic carbocycles. The van der Waals surface area contributed by atoms with Crippen molar-refractivity contribution >= 4 is 37.9 Å². The zero-order valence-electron chi connectivity index (χ0n) is 24.3. The van der Waals surface area contributed by atoms with Gasteiger partial charge in [-0.15, -0.1) is 0 Å². The number of allylic oxidation sites excluding steroid dienone is 4. The maximum Gasteiger partial charge on any atom is -0.00261 e. The van der Waals surface area contributed by atoms with E-state index in [0.717, 1.165) is 11.1 Å². The molecule has 0 saturated carbocycles. The van der Waals surface area contributed by atoms with Crippen molar-refractivity contribution in [1.29, 1.82) is 0 Å². The zero-order valence-corrected chi connectivity index (χ0v) is 24.3. The number of benzene rings is 7. The van der Waals surface area contributed by atoms with Crippen LogP contribution in [0.2, 0.25) is 0 Å². The highest BCUT2D eigenvalue weighted by molar-refractivity contribution is 6.22.